The Hall–Kier alpha value is -3.62. The van der Waals surface area contributed by atoms with E-state index in [1.165, 1.54) is 42.8 Å². The average molecular weight is 430 g/mol. The summed E-state index contributed by atoms with van der Waals surface area (Å²) < 4.78 is 2.67. The second-order valence-corrected chi connectivity index (χ2v) is 9.27. The molecule has 6 rings (SSSR count). The topological polar surface area (TPSA) is 3.24 Å². The fraction of sp³-hybridized carbons (Fsp3) is 0.0667. The van der Waals surface area contributed by atoms with Crippen LogP contribution < -0.4 is 4.90 Å². The molecule has 0 spiro atoms. The first kappa shape index (κ1) is 19.1. The van der Waals surface area contributed by atoms with Gasteiger partial charge in [0.2, 0.25) is 0 Å². The van der Waals surface area contributed by atoms with E-state index < -0.39 is 0 Å². The summed E-state index contributed by atoms with van der Waals surface area (Å²) >= 11 is 1.86. The highest BCUT2D eigenvalue weighted by Gasteiger charge is 2.18. The molecule has 1 unspecified atom stereocenters. The molecule has 1 aliphatic rings. The number of allylic oxidation sites excluding steroid dienone is 3. The maximum atomic E-state index is 2.38. The molecular formula is C30H23NS. The van der Waals surface area contributed by atoms with Crippen LogP contribution in [0.1, 0.15) is 17.9 Å². The third-order valence-corrected chi connectivity index (χ3v) is 7.35. The van der Waals surface area contributed by atoms with Gasteiger partial charge in [0.15, 0.2) is 0 Å². The van der Waals surface area contributed by atoms with Crippen molar-refractivity contribution in [3.63, 3.8) is 0 Å². The van der Waals surface area contributed by atoms with Gasteiger partial charge in [0.1, 0.15) is 0 Å². The van der Waals surface area contributed by atoms with E-state index in [0.29, 0.717) is 5.92 Å². The molecule has 0 saturated heterocycles. The van der Waals surface area contributed by atoms with E-state index in [0.717, 1.165) is 6.42 Å². The summed E-state index contributed by atoms with van der Waals surface area (Å²) in [5.74, 6) is 0.431. The quantitative estimate of drug-likeness (QED) is 0.276. The van der Waals surface area contributed by atoms with Crippen molar-refractivity contribution < 1.29 is 0 Å². The third-order valence-electron chi connectivity index (χ3n) is 6.20. The fourth-order valence-electron chi connectivity index (χ4n) is 4.60. The summed E-state index contributed by atoms with van der Waals surface area (Å²) in [6.45, 7) is 0. The Labute approximate surface area is 192 Å². The number of nitrogens with zero attached hydrogens (tertiary/aromatic N) is 1. The number of hydrogen-bond acceptors (Lipinski definition) is 2. The monoisotopic (exact) mass is 429 g/mol. The van der Waals surface area contributed by atoms with E-state index in [1.807, 2.05) is 11.3 Å². The zero-order chi connectivity index (χ0) is 21.3. The van der Waals surface area contributed by atoms with Gasteiger partial charge in [-0.2, -0.15) is 0 Å². The van der Waals surface area contributed by atoms with Crippen LogP contribution in [0.3, 0.4) is 0 Å². The molecule has 0 bridgehead atoms. The average Bonchev–Trinajstić information content (AvgIpc) is 3.24. The van der Waals surface area contributed by atoms with Crippen molar-refractivity contribution >= 4 is 42.9 Å². The highest BCUT2D eigenvalue weighted by atomic mass is 32.1. The fourth-order valence-corrected chi connectivity index (χ4v) is 5.69. The molecule has 5 aromatic rings. The molecule has 1 atom stereocenters. The van der Waals surface area contributed by atoms with Crippen molar-refractivity contribution in [3.05, 3.63) is 133 Å². The summed E-state index contributed by atoms with van der Waals surface area (Å²) in [5, 5.41) is 2.66. The van der Waals surface area contributed by atoms with Gasteiger partial charge >= 0.3 is 0 Å². The molecule has 0 aliphatic heterocycles. The molecule has 0 radical (unpaired) electrons. The number of rotatable bonds is 4. The minimum atomic E-state index is 0.431. The number of hydrogen-bond donors (Lipinski definition) is 0. The van der Waals surface area contributed by atoms with Gasteiger partial charge in [-0.05, 0) is 54.5 Å². The van der Waals surface area contributed by atoms with Gasteiger partial charge in [-0.3, -0.25) is 0 Å². The van der Waals surface area contributed by atoms with Crippen LogP contribution in [0.15, 0.2) is 127 Å². The predicted molar refractivity (Wildman–Crippen MR) is 139 cm³/mol. The third kappa shape index (κ3) is 3.43. The maximum absolute atomic E-state index is 2.38. The first-order chi connectivity index (χ1) is 15.9. The van der Waals surface area contributed by atoms with Crippen molar-refractivity contribution in [2.24, 2.45) is 0 Å². The lowest BCUT2D eigenvalue weighted by atomic mass is 9.91. The standard InChI is InChI=1S/C30H23NS/c1-3-9-22(10-4-1)23-15-17-25(18-16-23)31(24-11-5-2-6-12-24)26-19-20-30-28(21-26)27-13-7-8-14-29(27)32-30/h1-15,17-21,23H,16H2. The lowest BCUT2D eigenvalue weighted by Crippen LogP contribution is -2.17. The normalized spacial score (nSPS) is 15.8. The van der Waals surface area contributed by atoms with E-state index in [-0.39, 0.29) is 0 Å². The van der Waals surface area contributed by atoms with Crippen LogP contribution in [0.5, 0.6) is 0 Å². The minimum absolute atomic E-state index is 0.431. The zero-order valence-corrected chi connectivity index (χ0v) is 18.5. The highest BCUT2D eigenvalue weighted by Crippen LogP contribution is 2.40. The molecule has 1 aliphatic carbocycles. The molecule has 0 N–H and O–H groups in total. The van der Waals surface area contributed by atoms with Crippen LogP contribution in [0, 0.1) is 0 Å². The largest absolute Gasteiger partial charge is 0.311 e. The Balaban J connectivity index is 1.43. The minimum Gasteiger partial charge on any atom is -0.311 e. The van der Waals surface area contributed by atoms with Crippen LogP contribution in [0.25, 0.3) is 20.2 Å². The number of para-hydroxylation sites is 1. The summed E-state index contributed by atoms with van der Waals surface area (Å²) in [7, 11) is 0. The van der Waals surface area contributed by atoms with Crippen LogP contribution in [-0.2, 0) is 0 Å². The van der Waals surface area contributed by atoms with E-state index >= 15 is 0 Å². The zero-order valence-electron chi connectivity index (χ0n) is 17.7. The first-order valence-corrected chi connectivity index (χ1v) is 11.9. The summed E-state index contributed by atoms with van der Waals surface area (Å²) in [4.78, 5) is 2.38. The van der Waals surface area contributed by atoms with Crippen molar-refractivity contribution in [3.8, 4) is 0 Å². The molecule has 32 heavy (non-hydrogen) atoms. The van der Waals surface area contributed by atoms with Gasteiger partial charge in [0.25, 0.3) is 0 Å². The Kier molecular flexibility index (Phi) is 4.86. The molecule has 4 aromatic carbocycles. The van der Waals surface area contributed by atoms with Gasteiger partial charge in [0.05, 0.1) is 0 Å². The molecule has 0 fully saturated rings. The van der Waals surface area contributed by atoms with Gasteiger partial charge in [-0.25, -0.2) is 0 Å². The van der Waals surface area contributed by atoms with Gasteiger partial charge in [0, 0.05) is 43.2 Å². The van der Waals surface area contributed by atoms with Gasteiger partial charge < -0.3 is 4.90 Å². The maximum Gasteiger partial charge on any atom is 0.0468 e. The van der Waals surface area contributed by atoms with E-state index in [9.17, 15) is 0 Å². The molecular weight excluding hydrogens is 406 g/mol. The van der Waals surface area contributed by atoms with Gasteiger partial charge in [-0.15, -0.1) is 11.3 Å². The Bertz CT molecular complexity index is 1440. The molecule has 1 aromatic heterocycles. The van der Waals surface area contributed by atoms with Crippen molar-refractivity contribution in [1.82, 2.24) is 0 Å². The molecule has 1 heterocycles. The van der Waals surface area contributed by atoms with Crippen LogP contribution >= 0.6 is 11.3 Å². The molecule has 0 amide bonds. The lowest BCUT2D eigenvalue weighted by Gasteiger charge is -2.29. The first-order valence-electron chi connectivity index (χ1n) is 11.1. The Morgan fingerprint density at radius 3 is 2.16 bits per heavy atom. The number of thiophene rings is 1. The van der Waals surface area contributed by atoms with Crippen LogP contribution in [-0.4, -0.2) is 0 Å². The van der Waals surface area contributed by atoms with Crippen LogP contribution in [0.4, 0.5) is 11.4 Å². The molecule has 1 nitrogen and oxygen atoms in total. The van der Waals surface area contributed by atoms with Gasteiger partial charge in [-0.1, -0.05) is 78.9 Å². The number of benzene rings is 4. The van der Waals surface area contributed by atoms with E-state index in [2.05, 4.69) is 126 Å². The van der Waals surface area contributed by atoms with Crippen molar-refractivity contribution in [2.75, 3.05) is 4.90 Å². The number of anilines is 2. The SMILES string of the molecule is C1=CC(c2ccccc2)CC=C1N(c1ccccc1)c1ccc2sc3ccccc3c2c1. The summed E-state index contributed by atoms with van der Waals surface area (Å²) in [6.07, 6.45) is 8.01. The van der Waals surface area contributed by atoms with Crippen molar-refractivity contribution in [1.29, 1.82) is 0 Å². The smallest absolute Gasteiger partial charge is 0.0468 e. The van der Waals surface area contributed by atoms with Crippen LogP contribution in [0.2, 0.25) is 0 Å². The summed E-state index contributed by atoms with van der Waals surface area (Å²) in [5.41, 5.74) is 4.97. The second kappa shape index (κ2) is 8.14. The summed E-state index contributed by atoms with van der Waals surface area (Å²) in [6, 6.07) is 37.0. The second-order valence-electron chi connectivity index (χ2n) is 8.19. The highest BCUT2D eigenvalue weighted by molar-refractivity contribution is 7.25. The molecule has 0 saturated carbocycles. The molecule has 154 valence electrons. The number of fused-ring (bicyclic) bond motifs is 3. The lowest BCUT2D eigenvalue weighted by molar-refractivity contribution is 0.840. The van der Waals surface area contributed by atoms with Crippen molar-refractivity contribution in [2.45, 2.75) is 12.3 Å². The van der Waals surface area contributed by atoms with E-state index in [4.69, 9.17) is 0 Å². The molecule has 2 heteroatoms. The Morgan fingerprint density at radius 1 is 0.656 bits per heavy atom. The Morgan fingerprint density at radius 2 is 1.38 bits per heavy atom. The predicted octanol–water partition coefficient (Wildman–Crippen LogP) is 8.82. The van der Waals surface area contributed by atoms with E-state index in [1.54, 1.807) is 0 Å².